The molecule has 1 radical (unpaired) electrons. The van der Waals surface area contributed by atoms with E-state index >= 15 is 0 Å². The maximum atomic E-state index is 10.7. The number of aromatic nitrogens is 2. The van der Waals surface area contributed by atoms with Crippen molar-refractivity contribution in [2.75, 3.05) is 0 Å². The number of nitrogens with two attached hydrogens (primary N) is 1. The topological polar surface area (TPSA) is 68.9 Å². The Kier molecular flexibility index (Phi) is 3.37. The average Bonchev–Trinajstić information content (AvgIpc) is 2.15. The Morgan fingerprint density at radius 2 is 2.54 bits per heavy atom. The number of primary amides is 1. The van der Waals surface area contributed by atoms with E-state index < -0.39 is 0 Å². The van der Waals surface area contributed by atoms with Gasteiger partial charge < -0.3 is 5.73 Å². The normalized spacial score (nSPS) is 12.4. The first-order chi connectivity index (χ1) is 6.20. The second-order valence-corrected chi connectivity index (χ2v) is 2.89. The van der Waals surface area contributed by atoms with Gasteiger partial charge >= 0.3 is 0 Å². The van der Waals surface area contributed by atoms with E-state index in [1.165, 1.54) is 0 Å². The van der Waals surface area contributed by atoms with Crippen molar-refractivity contribution in [3.05, 3.63) is 30.4 Å². The minimum Gasteiger partial charge on any atom is -0.369 e. The summed E-state index contributed by atoms with van der Waals surface area (Å²) in [4.78, 5) is 10.7. The van der Waals surface area contributed by atoms with E-state index in [-0.39, 0.29) is 11.8 Å². The van der Waals surface area contributed by atoms with Crippen LogP contribution in [-0.4, -0.2) is 16.1 Å². The molecule has 0 aliphatic heterocycles. The molecule has 0 aliphatic rings. The molecule has 1 heterocycles. The summed E-state index contributed by atoms with van der Waals surface area (Å²) >= 11 is 0. The average molecular weight is 178 g/mol. The molecular weight excluding hydrogens is 166 g/mol. The van der Waals surface area contributed by atoms with Gasteiger partial charge in [-0.1, -0.05) is 6.92 Å². The fourth-order valence-corrected chi connectivity index (χ4v) is 0.836. The van der Waals surface area contributed by atoms with Crippen molar-refractivity contribution in [2.45, 2.75) is 13.3 Å². The third kappa shape index (κ3) is 3.19. The monoisotopic (exact) mass is 178 g/mol. The molecule has 1 atom stereocenters. The molecule has 1 amide bonds. The Balaban J connectivity index is 2.39. The maximum Gasteiger partial charge on any atom is 0.220 e. The van der Waals surface area contributed by atoms with Crippen molar-refractivity contribution >= 4 is 5.91 Å². The summed E-state index contributed by atoms with van der Waals surface area (Å²) in [5.41, 5.74) is 5.88. The van der Waals surface area contributed by atoms with E-state index in [9.17, 15) is 4.79 Å². The van der Waals surface area contributed by atoms with E-state index in [0.29, 0.717) is 6.42 Å². The quantitative estimate of drug-likeness (QED) is 0.731. The molecule has 1 unspecified atom stereocenters. The highest BCUT2D eigenvalue weighted by Gasteiger charge is 2.08. The van der Waals surface area contributed by atoms with Gasteiger partial charge in [0.15, 0.2) is 0 Å². The molecule has 1 aromatic rings. The second kappa shape index (κ2) is 4.54. The number of hydrogen-bond acceptors (Lipinski definition) is 3. The molecule has 0 aliphatic carbocycles. The van der Waals surface area contributed by atoms with Crippen molar-refractivity contribution < 1.29 is 4.79 Å². The maximum absolute atomic E-state index is 10.7. The predicted octanol–water partition coefficient (Wildman–Crippen LogP) is 0.540. The van der Waals surface area contributed by atoms with E-state index in [2.05, 4.69) is 10.2 Å². The Hall–Kier alpha value is -1.45. The zero-order valence-electron chi connectivity index (χ0n) is 7.47. The summed E-state index contributed by atoms with van der Waals surface area (Å²) in [6.45, 7) is 1.79. The van der Waals surface area contributed by atoms with Gasteiger partial charge in [-0.25, -0.2) is 0 Å². The highest BCUT2D eigenvalue weighted by molar-refractivity contribution is 5.76. The van der Waals surface area contributed by atoms with Crippen molar-refractivity contribution in [2.24, 2.45) is 11.7 Å². The molecule has 2 N–H and O–H groups in total. The molecule has 0 spiro atoms. The first kappa shape index (κ1) is 9.64. The molecule has 4 nitrogen and oxygen atoms in total. The highest BCUT2D eigenvalue weighted by Crippen LogP contribution is 2.07. The van der Waals surface area contributed by atoms with Crippen LogP contribution in [0.5, 0.6) is 0 Å². The van der Waals surface area contributed by atoms with Crippen LogP contribution < -0.4 is 5.73 Å². The smallest absolute Gasteiger partial charge is 0.220 e. The van der Waals surface area contributed by atoms with Crippen LogP contribution in [0.4, 0.5) is 0 Å². The summed E-state index contributed by atoms with van der Waals surface area (Å²) in [7, 11) is 0. The number of hydrogen-bond donors (Lipinski definition) is 1. The van der Waals surface area contributed by atoms with Gasteiger partial charge in [0.1, 0.15) is 0 Å². The van der Waals surface area contributed by atoms with Gasteiger partial charge in [-0.15, -0.1) is 0 Å². The van der Waals surface area contributed by atoms with E-state index in [1.54, 1.807) is 19.2 Å². The van der Waals surface area contributed by atoms with Gasteiger partial charge in [0, 0.05) is 18.5 Å². The van der Waals surface area contributed by atoms with E-state index in [4.69, 9.17) is 5.73 Å². The predicted molar refractivity (Wildman–Crippen MR) is 48.4 cm³/mol. The Morgan fingerprint density at radius 3 is 3.08 bits per heavy atom. The number of carbonyl (C=O) groups excluding carboxylic acids is 1. The molecule has 13 heavy (non-hydrogen) atoms. The lowest BCUT2D eigenvalue weighted by Gasteiger charge is -2.04. The molecule has 0 bridgehead atoms. The summed E-state index contributed by atoms with van der Waals surface area (Å²) < 4.78 is 0. The van der Waals surface area contributed by atoms with Crippen molar-refractivity contribution in [1.82, 2.24) is 10.2 Å². The Labute approximate surface area is 77.2 Å². The molecular formula is C9H12N3O. The van der Waals surface area contributed by atoms with Crippen LogP contribution in [0.1, 0.15) is 19.0 Å². The van der Waals surface area contributed by atoms with Crippen molar-refractivity contribution in [3.8, 4) is 0 Å². The molecule has 0 aromatic carbocycles. The number of rotatable bonds is 4. The van der Waals surface area contributed by atoms with Gasteiger partial charge in [0.25, 0.3) is 0 Å². The Morgan fingerprint density at radius 1 is 1.77 bits per heavy atom. The summed E-state index contributed by atoms with van der Waals surface area (Å²) in [6.07, 6.45) is 4.06. The SMILES string of the molecule is CC(C[CH]c1cccnn1)C(N)=O. The Bertz CT molecular complexity index is 273. The minimum absolute atomic E-state index is 0.151. The third-order valence-corrected chi connectivity index (χ3v) is 1.76. The van der Waals surface area contributed by atoms with Gasteiger partial charge in [-0.3, -0.25) is 4.79 Å². The van der Waals surface area contributed by atoms with Crippen LogP contribution in [-0.2, 0) is 4.79 Å². The van der Waals surface area contributed by atoms with Crippen LogP contribution >= 0.6 is 0 Å². The molecule has 1 aromatic heterocycles. The fraction of sp³-hybridized carbons (Fsp3) is 0.333. The zero-order valence-corrected chi connectivity index (χ0v) is 7.47. The summed E-state index contributed by atoms with van der Waals surface area (Å²) in [5.74, 6) is -0.442. The van der Waals surface area contributed by atoms with Gasteiger partial charge in [0.2, 0.25) is 5.91 Å². The van der Waals surface area contributed by atoms with Crippen LogP contribution in [0.15, 0.2) is 18.3 Å². The number of nitrogens with zero attached hydrogens (tertiary/aromatic N) is 2. The molecule has 69 valence electrons. The molecule has 0 fully saturated rings. The molecule has 4 heteroatoms. The lowest BCUT2D eigenvalue weighted by molar-refractivity contribution is -0.121. The van der Waals surface area contributed by atoms with E-state index in [0.717, 1.165) is 5.69 Å². The van der Waals surface area contributed by atoms with Crippen LogP contribution in [0.2, 0.25) is 0 Å². The highest BCUT2D eigenvalue weighted by atomic mass is 16.1. The largest absolute Gasteiger partial charge is 0.369 e. The van der Waals surface area contributed by atoms with Gasteiger partial charge in [0.05, 0.1) is 5.69 Å². The third-order valence-electron chi connectivity index (χ3n) is 1.76. The summed E-state index contributed by atoms with van der Waals surface area (Å²) in [6, 6.07) is 3.63. The van der Waals surface area contributed by atoms with Crippen LogP contribution in [0.25, 0.3) is 0 Å². The molecule has 1 rings (SSSR count). The first-order valence-corrected chi connectivity index (χ1v) is 4.10. The fourth-order valence-electron chi connectivity index (χ4n) is 0.836. The summed E-state index contributed by atoms with van der Waals surface area (Å²) in [5, 5.41) is 7.56. The second-order valence-electron chi connectivity index (χ2n) is 2.89. The first-order valence-electron chi connectivity index (χ1n) is 4.10. The standard InChI is InChI=1S/C9H12N3O/c1-7(9(10)13)4-5-8-3-2-6-11-12-8/h2-3,5-7H,4H2,1H3,(H2,10,13). The van der Waals surface area contributed by atoms with Crippen molar-refractivity contribution in [1.29, 1.82) is 0 Å². The van der Waals surface area contributed by atoms with E-state index in [1.807, 2.05) is 12.5 Å². The zero-order chi connectivity index (χ0) is 9.68. The van der Waals surface area contributed by atoms with Gasteiger partial charge in [-0.2, -0.15) is 10.2 Å². The lowest BCUT2D eigenvalue weighted by Crippen LogP contribution is -2.20. The van der Waals surface area contributed by atoms with Gasteiger partial charge in [-0.05, 0) is 18.6 Å². The molecule has 0 saturated heterocycles. The van der Waals surface area contributed by atoms with Crippen molar-refractivity contribution in [3.63, 3.8) is 0 Å². The van der Waals surface area contributed by atoms with Crippen LogP contribution in [0.3, 0.4) is 0 Å². The molecule has 0 saturated carbocycles. The minimum atomic E-state index is -0.292. The number of carbonyl (C=O) groups is 1. The van der Waals surface area contributed by atoms with Crippen LogP contribution in [0, 0.1) is 12.3 Å². The number of amides is 1. The lowest BCUT2D eigenvalue weighted by atomic mass is 10.0.